The number of hydrogen-bond acceptors (Lipinski definition) is 4. The standard InChI is InChI=1S/C29H35N3O4S/c1-21-15-16-23(3)26(17-21)32(37(5,35)36)20-28(33)31(19-25-14-10-9-11-22(25)2)27(29(34)30-4)18-24-12-7-6-8-13-24/h6-17,27H,18-20H2,1-5H3,(H,30,34)/t27-/m0/s1. The van der Waals surface area contributed by atoms with Crippen LogP contribution in [-0.4, -0.2) is 51.0 Å². The van der Waals surface area contributed by atoms with Crippen molar-refractivity contribution in [3.8, 4) is 0 Å². The maximum absolute atomic E-state index is 14.0. The summed E-state index contributed by atoms with van der Waals surface area (Å²) in [4.78, 5) is 28.6. The van der Waals surface area contributed by atoms with Crippen molar-refractivity contribution >= 4 is 27.5 Å². The zero-order valence-electron chi connectivity index (χ0n) is 22.1. The zero-order chi connectivity index (χ0) is 27.2. The number of likely N-dealkylation sites (N-methyl/N-ethyl adjacent to an activating group) is 1. The average molecular weight is 522 g/mol. The van der Waals surface area contributed by atoms with Gasteiger partial charge in [-0.1, -0.05) is 66.7 Å². The molecular formula is C29H35N3O4S. The van der Waals surface area contributed by atoms with Gasteiger partial charge in [-0.05, 0) is 54.7 Å². The Bertz CT molecular complexity index is 1360. The molecule has 0 fully saturated rings. The van der Waals surface area contributed by atoms with Crippen molar-refractivity contribution in [2.24, 2.45) is 0 Å². The molecule has 3 aromatic carbocycles. The number of carbonyl (C=O) groups is 2. The molecular weight excluding hydrogens is 486 g/mol. The third-order valence-electron chi connectivity index (χ3n) is 6.43. The van der Waals surface area contributed by atoms with Crippen LogP contribution in [0, 0.1) is 20.8 Å². The highest BCUT2D eigenvalue weighted by molar-refractivity contribution is 7.92. The molecule has 0 spiro atoms. The van der Waals surface area contributed by atoms with E-state index >= 15 is 0 Å². The quantitative estimate of drug-likeness (QED) is 0.440. The SMILES string of the molecule is CNC(=O)[C@H](Cc1ccccc1)N(Cc1ccccc1C)C(=O)CN(c1cc(C)ccc1C)S(C)(=O)=O. The summed E-state index contributed by atoms with van der Waals surface area (Å²) in [7, 11) is -2.25. The van der Waals surface area contributed by atoms with Crippen molar-refractivity contribution in [1.82, 2.24) is 10.2 Å². The molecule has 0 radical (unpaired) electrons. The molecule has 0 unspecified atom stereocenters. The zero-order valence-corrected chi connectivity index (χ0v) is 22.9. The number of rotatable bonds is 10. The number of nitrogens with one attached hydrogen (secondary N) is 1. The molecule has 37 heavy (non-hydrogen) atoms. The Kier molecular flexibility index (Phi) is 9.10. The van der Waals surface area contributed by atoms with Gasteiger partial charge in [0, 0.05) is 20.0 Å². The molecule has 2 amide bonds. The van der Waals surface area contributed by atoms with Gasteiger partial charge in [0.05, 0.1) is 11.9 Å². The Morgan fingerprint density at radius 3 is 2.16 bits per heavy atom. The van der Waals surface area contributed by atoms with E-state index in [1.165, 1.54) is 11.9 Å². The molecule has 3 aromatic rings. The molecule has 1 atom stereocenters. The van der Waals surface area contributed by atoms with Crippen molar-refractivity contribution in [3.63, 3.8) is 0 Å². The Hall–Kier alpha value is -3.65. The van der Waals surface area contributed by atoms with E-state index in [1.54, 1.807) is 6.07 Å². The lowest BCUT2D eigenvalue weighted by molar-refractivity contribution is -0.139. The molecule has 0 bridgehead atoms. The minimum Gasteiger partial charge on any atom is -0.357 e. The van der Waals surface area contributed by atoms with Gasteiger partial charge in [0.25, 0.3) is 0 Å². The predicted octanol–water partition coefficient (Wildman–Crippen LogP) is 3.76. The fourth-order valence-electron chi connectivity index (χ4n) is 4.27. The lowest BCUT2D eigenvalue weighted by Crippen LogP contribution is -2.53. The minimum atomic E-state index is -3.79. The Labute approximate surface area is 220 Å². The molecule has 0 aliphatic heterocycles. The van der Waals surface area contributed by atoms with Crippen LogP contribution in [0.5, 0.6) is 0 Å². The van der Waals surface area contributed by atoms with E-state index in [4.69, 9.17) is 0 Å². The second kappa shape index (κ2) is 12.1. The fourth-order valence-corrected chi connectivity index (χ4v) is 5.17. The van der Waals surface area contributed by atoms with E-state index in [1.807, 2.05) is 87.5 Å². The minimum absolute atomic E-state index is 0.167. The van der Waals surface area contributed by atoms with Crippen LogP contribution in [0.4, 0.5) is 5.69 Å². The number of hydrogen-bond donors (Lipinski definition) is 1. The summed E-state index contributed by atoms with van der Waals surface area (Å²) in [5.74, 6) is -0.775. The molecule has 0 aromatic heterocycles. The number of anilines is 1. The van der Waals surface area contributed by atoms with Crippen molar-refractivity contribution < 1.29 is 18.0 Å². The number of benzene rings is 3. The molecule has 0 aliphatic carbocycles. The lowest BCUT2D eigenvalue weighted by Gasteiger charge is -2.34. The molecule has 8 heteroatoms. The third-order valence-corrected chi connectivity index (χ3v) is 7.56. The van der Waals surface area contributed by atoms with Crippen LogP contribution in [0.3, 0.4) is 0 Å². The van der Waals surface area contributed by atoms with Gasteiger partial charge in [0.2, 0.25) is 21.8 Å². The molecule has 196 valence electrons. The van der Waals surface area contributed by atoms with Crippen LogP contribution in [0.25, 0.3) is 0 Å². The fraction of sp³-hybridized carbons (Fsp3) is 0.310. The normalized spacial score (nSPS) is 12.0. The summed E-state index contributed by atoms with van der Waals surface area (Å²) >= 11 is 0. The molecule has 7 nitrogen and oxygen atoms in total. The van der Waals surface area contributed by atoms with Crippen LogP contribution < -0.4 is 9.62 Å². The van der Waals surface area contributed by atoms with Crippen molar-refractivity contribution in [2.45, 2.75) is 39.8 Å². The van der Waals surface area contributed by atoms with E-state index < -0.39 is 28.5 Å². The van der Waals surface area contributed by atoms with E-state index in [0.717, 1.165) is 38.4 Å². The topological polar surface area (TPSA) is 86.8 Å². The maximum atomic E-state index is 14.0. The van der Waals surface area contributed by atoms with E-state index in [9.17, 15) is 18.0 Å². The van der Waals surface area contributed by atoms with Crippen LogP contribution in [0.1, 0.15) is 27.8 Å². The van der Waals surface area contributed by atoms with Gasteiger partial charge in [-0.3, -0.25) is 13.9 Å². The van der Waals surface area contributed by atoms with Gasteiger partial charge < -0.3 is 10.2 Å². The van der Waals surface area contributed by atoms with E-state index in [2.05, 4.69) is 5.32 Å². The first kappa shape index (κ1) is 27.9. The number of sulfonamides is 1. The van der Waals surface area contributed by atoms with Gasteiger partial charge in [0.15, 0.2) is 0 Å². The van der Waals surface area contributed by atoms with Gasteiger partial charge in [-0.15, -0.1) is 0 Å². The Balaban J connectivity index is 2.07. The molecule has 0 saturated heterocycles. The molecule has 0 aliphatic rings. The van der Waals surface area contributed by atoms with Crippen LogP contribution >= 0.6 is 0 Å². The first-order chi connectivity index (χ1) is 17.5. The van der Waals surface area contributed by atoms with Crippen molar-refractivity contribution in [1.29, 1.82) is 0 Å². The summed E-state index contributed by atoms with van der Waals surface area (Å²) < 4.78 is 26.9. The van der Waals surface area contributed by atoms with Crippen molar-refractivity contribution in [2.75, 3.05) is 24.2 Å². The molecule has 0 saturated carbocycles. The second-order valence-corrected chi connectivity index (χ2v) is 11.2. The molecule has 3 rings (SSSR count). The highest BCUT2D eigenvalue weighted by Gasteiger charge is 2.33. The Morgan fingerprint density at radius 1 is 0.892 bits per heavy atom. The highest BCUT2D eigenvalue weighted by Crippen LogP contribution is 2.25. The number of carbonyl (C=O) groups excluding carboxylic acids is 2. The maximum Gasteiger partial charge on any atom is 0.244 e. The monoisotopic (exact) mass is 521 g/mol. The van der Waals surface area contributed by atoms with Crippen molar-refractivity contribution in [3.05, 3.63) is 101 Å². The van der Waals surface area contributed by atoms with Gasteiger partial charge >= 0.3 is 0 Å². The first-order valence-corrected chi connectivity index (χ1v) is 14.0. The average Bonchev–Trinajstić information content (AvgIpc) is 2.86. The Morgan fingerprint density at radius 2 is 1.54 bits per heavy atom. The van der Waals surface area contributed by atoms with Gasteiger partial charge in [0.1, 0.15) is 12.6 Å². The van der Waals surface area contributed by atoms with Gasteiger partial charge in [-0.25, -0.2) is 8.42 Å². The van der Waals surface area contributed by atoms with E-state index in [0.29, 0.717) is 12.1 Å². The number of amides is 2. The molecule has 0 heterocycles. The summed E-state index contributed by atoms with van der Waals surface area (Å²) in [6.07, 6.45) is 1.38. The summed E-state index contributed by atoms with van der Waals surface area (Å²) in [6.45, 7) is 5.38. The summed E-state index contributed by atoms with van der Waals surface area (Å²) in [6, 6.07) is 21.8. The molecule has 1 N–H and O–H groups in total. The van der Waals surface area contributed by atoms with Crippen LogP contribution in [-0.2, 0) is 32.6 Å². The number of nitrogens with zero attached hydrogens (tertiary/aromatic N) is 2. The third kappa shape index (κ3) is 7.20. The van der Waals surface area contributed by atoms with Gasteiger partial charge in [-0.2, -0.15) is 0 Å². The number of aryl methyl sites for hydroxylation is 3. The summed E-state index contributed by atoms with van der Waals surface area (Å²) in [5, 5.41) is 2.69. The highest BCUT2D eigenvalue weighted by atomic mass is 32.2. The second-order valence-electron chi connectivity index (χ2n) is 9.33. The van der Waals surface area contributed by atoms with Crippen LogP contribution in [0.15, 0.2) is 72.8 Å². The first-order valence-electron chi connectivity index (χ1n) is 12.2. The van der Waals surface area contributed by atoms with E-state index in [-0.39, 0.29) is 12.5 Å². The lowest BCUT2D eigenvalue weighted by atomic mass is 10.0. The largest absolute Gasteiger partial charge is 0.357 e. The summed E-state index contributed by atoms with van der Waals surface area (Å²) in [5.41, 5.74) is 4.83. The van der Waals surface area contributed by atoms with Crippen LogP contribution in [0.2, 0.25) is 0 Å². The smallest absolute Gasteiger partial charge is 0.244 e. The predicted molar refractivity (Wildman–Crippen MR) is 148 cm³/mol.